The number of nitrogens with zero attached hydrogens (tertiary/aromatic N) is 2. The molecular formula is C22H26N4O3. The molecule has 1 heterocycles. The summed E-state index contributed by atoms with van der Waals surface area (Å²) < 4.78 is 5.37. The van der Waals surface area contributed by atoms with Gasteiger partial charge in [0.05, 0.1) is 17.4 Å². The van der Waals surface area contributed by atoms with E-state index in [1.54, 1.807) is 11.0 Å². The number of hydrogen-bond donors (Lipinski definition) is 2. The molecule has 29 heavy (non-hydrogen) atoms. The summed E-state index contributed by atoms with van der Waals surface area (Å²) in [5.74, 6) is -0.0716. The third-order valence-electron chi connectivity index (χ3n) is 4.64. The molecule has 0 aliphatic carbocycles. The number of fused-ring (bicyclic) bond motifs is 1. The summed E-state index contributed by atoms with van der Waals surface area (Å²) in [4.78, 5) is 30.6. The number of carbonyl (C=O) groups excluding carboxylic acids is 1. The van der Waals surface area contributed by atoms with Gasteiger partial charge in [-0.1, -0.05) is 36.4 Å². The molecule has 152 valence electrons. The summed E-state index contributed by atoms with van der Waals surface area (Å²) in [6.07, 6.45) is 0.800. The van der Waals surface area contributed by atoms with Gasteiger partial charge in [0, 0.05) is 13.1 Å². The minimum atomic E-state index is -0.434. The highest BCUT2D eigenvalue weighted by atomic mass is 16.4. The number of amides is 1. The Bertz CT molecular complexity index is 1050. The van der Waals surface area contributed by atoms with Crippen molar-refractivity contribution < 1.29 is 9.21 Å². The van der Waals surface area contributed by atoms with Gasteiger partial charge in [0.2, 0.25) is 5.91 Å². The lowest BCUT2D eigenvalue weighted by molar-refractivity contribution is -0.121. The first-order valence-corrected chi connectivity index (χ1v) is 9.56. The van der Waals surface area contributed by atoms with Gasteiger partial charge in [0.25, 0.3) is 6.01 Å². The molecule has 7 nitrogen and oxygen atoms in total. The Morgan fingerprint density at radius 1 is 1.14 bits per heavy atom. The van der Waals surface area contributed by atoms with E-state index in [9.17, 15) is 9.59 Å². The van der Waals surface area contributed by atoms with E-state index in [4.69, 9.17) is 4.42 Å². The second-order valence-corrected chi connectivity index (χ2v) is 7.23. The molecular weight excluding hydrogens is 368 g/mol. The number of rotatable bonds is 8. The standard InChI is InChI=1S/C22H26N4O3/c1-15-17(13-24-19(27)14-26(2)3)9-10-18-20(15)21(28)29-22(25-18)23-12-11-16-7-5-4-6-8-16/h4-10H,11-14H2,1-3H3,(H,23,25)(H,24,27). The van der Waals surface area contributed by atoms with Gasteiger partial charge in [-0.15, -0.1) is 0 Å². The minimum absolute atomic E-state index is 0.0716. The van der Waals surface area contributed by atoms with Crippen LogP contribution in [0.2, 0.25) is 0 Å². The van der Waals surface area contributed by atoms with E-state index in [0.29, 0.717) is 30.5 Å². The number of aromatic nitrogens is 1. The maximum atomic E-state index is 12.5. The van der Waals surface area contributed by atoms with Crippen LogP contribution in [0, 0.1) is 6.92 Å². The molecule has 0 bridgehead atoms. The molecule has 0 radical (unpaired) electrons. The normalized spacial score (nSPS) is 11.0. The first-order chi connectivity index (χ1) is 13.9. The number of nitrogens with one attached hydrogen (secondary N) is 2. The number of benzene rings is 2. The van der Waals surface area contributed by atoms with Crippen molar-refractivity contribution in [1.82, 2.24) is 15.2 Å². The molecule has 0 atom stereocenters. The van der Waals surface area contributed by atoms with Crippen LogP contribution in [0.1, 0.15) is 16.7 Å². The molecule has 2 aromatic carbocycles. The number of carbonyl (C=O) groups is 1. The Morgan fingerprint density at radius 3 is 2.62 bits per heavy atom. The summed E-state index contributed by atoms with van der Waals surface area (Å²) in [6.45, 7) is 3.12. The zero-order valence-electron chi connectivity index (χ0n) is 17.0. The van der Waals surface area contributed by atoms with Crippen LogP contribution in [0.5, 0.6) is 0 Å². The van der Waals surface area contributed by atoms with Crippen molar-refractivity contribution in [2.45, 2.75) is 19.9 Å². The van der Waals surface area contributed by atoms with Crippen molar-refractivity contribution in [3.63, 3.8) is 0 Å². The van der Waals surface area contributed by atoms with Gasteiger partial charge >= 0.3 is 5.63 Å². The van der Waals surface area contributed by atoms with E-state index in [1.807, 2.05) is 57.4 Å². The predicted octanol–water partition coefficient (Wildman–Crippen LogP) is 2.33. The molecule has 0 saturated carbocycles. The third-order valence-corrected chi connectivity index (χ3v) is 4.64. The van der Waals surface area contributed by atoms with Crippen LogP contribution in [-0.4, -0.2) is 43.0 Å². The smallest absolute Gasteiger partial charge is 0.348 e. The number of aryl methyl sites for hydroxylation is 1. The average molecular weight is 394 g/mol. The lowest BCUT2D eigenvalue weighted by Gasteiger charge is -2.12. The van der Waals surface area contributed by atoms with Gasteiger partial charge in [-0.2, -0.15) is 4.98 Å². The molecule has 0 fully saturated rings. The van der Waals surface area contributed by atoms with Crippen LogP contribution in [0.25, 0.3) is 10.9 Å². The zero-order valence-corrected chi connectivity index (χ0v) is 17.0. The molecule has 1 amide bonds. The fraction of sp³-hybridized carbons (Fsp3) is 0.318. The average Bonchev–Trinajstić information content (AvgIpc) is 2.67. The van der Waals surface area contributed by atoms with E-state index >= 15 is 0 Å². The van der Waals surface area contributed by atoms with Crippen molar-refractivity contribution in [2.24, 2.45) is 0 Å². The Labute approximate surface area is 169 Å². The number of anilines is 1. The maximum absolute atomic E-state index is 12.5. The van der Waals surface area contributed by atoms with Gasteiger partial charge in [-0.05, 0) is 50.2 Å². The minimum Gasteiger partial charge on any atom is -0.389 e. The molecule has 3 aromatic rings. The fourth-order valence-corrected chi connectivity index (χ4v) is 3.12. The van der Waals surface area contributed by atoms with Gasteiger partial charge in [-0.25, -0.2) is 4.79 Å². The van der Waals surface area contributed by atoms with E-state index in [0.717, 1.165) is 17.5 Å². The quantitative estimate of drug-likeness (QED) is 0.610. The highest BCUT2D eigenvalue weighted by Crippen LogP contribution is 2.19. The number of hydrogen-bond acceptors (Lipinski definition) is 6. The molecule has 0 aliphatic heterocycles. The van der Waals surface area contributed by atoms with Crippen molar-refractivity contribution in [1.29, 1.82) is 0 Å². The second-order valence-electron chi connectivity index (χ2n) is 7.23. The zero-order chi connectivity index (χ0) is 20.8. The monoisotopic (exact) mass is 394 g/mol. The first kappa shape index (κ1) is 20.5. The van der Waals surface area contributed by atoms with E-state index in [2.05, 4.69) is 15.6 Å². The largest absolute Gasteiger partial charge is 0.389 e. The topological polar surface area (TPSA) is 87.5 Å². The molecule has 0 spiro atoms. The van der Waals surface area contributed by atoms with Crippen molar-refractivity contribution in [2.75, 3.05) is 32.5 Å². The molecule has 1 aromatic heterocycles. The summed E-state index contributed by atoms with van der Waals surface area (Å²) in [6, 6.07) is 13.9. The Kier molecular flexibility index (Phi) is 6.61. The van der Waals surface area contributed by atoms with E-state index in [-0.39, 0.29) is 11.9 Å². The molecule has 0 unspecified atom stereocenters. The van der Waals surface area contributed by atoms with Crippen LogP contribution >= 0.6 is 0 Å². The highest BCUT2D eigenvalue weighted by Gasteiger charge is 2.12. The molecule has 0 aliphatic rings. The molecule has 2 N–H and O–H groups in total. The fourth-order valence-electron chi connectivity index (χ4n) is 3.12. The first-order valence-electron chi connectivity index (χ1n) is 9.56. The van der Waals surface area contributed by atoms with Gasteiger partial charge in [0.1, 0.15) is 0 Å². The molecule has 0 saturated heterocycles. The van der Waals surface area contributed by atoms with Crippen LogP contribution < -0.4 is 16.3 Å². The SMILES string of the molecule is Cc1c(CNC(=O)CN(C)C)ccc2nc(NCCc3ccccc3)oc(=O)c12. The summed E-state index contributed by atoms with van der Waals surface area (Å²) in [7, 11) is 3.67. The lowest BCUT2D eigenvalue weighted by atomic mass is 10.0. The summed E-state index contributed by atoms with van der Waals surface area (Å²) in [5, 5.41) is 6.39. The van der Waals surface area contributed by atoms with E-state index < -0.39 is 5.63 Å². The maximum Gasteiger partial charge on any atom is 0.348 e. The van der Waals surface area contributed by atoms with Crippen molar-refractivity contribution in [3.05, 3.63) is 69.6 Å². The van der Waals surface area contributed by atoms with Gasteiger partial charge in [-0.3, -0.25) is 4.79 Å². The Morgan fingerprint density at radius 2 is 1.90 bits per heavy atom. The van der Waals surface area contributed by atoms with Crippen molar-refractivity contribution in [3.8, 4) is 0 Å². The van der Waals surface area contributed by atoms with Crippen LogP contribution in [0.4, 0.5) is 6.01 Å². The van der Waals surface area contributed by atoms with Crippen LogP contribution in [-0.2, 0) is 17.8 Å². The van der Waals surface area contributed by atoms with Gasteiger partial charge < -0.3 is 20.0 Å². The lowest BCUT2D eigenvalue weighted by Crippen LogP contribution is -2.33. The second kappa shape index (κ2) is 9.34. The third kappa shape index (κ3) is 5.42. The summed E-state index contributed by atoms with van der Waals surface area (Å²) >= 11 is 0. The number of likely N-dealkylation sites (N-methyl/N-ethyl adjacent to an activating group) is 1. The Hall–Kier alpha value is -3.19. The van der Waals surface area contributed by atoms with Crippen LogP contribution in [0.15, 0.2) is 51.7 Å². The molecule has 3 rings (SSSR count). The summed E-state index contributed by atoms with van der Waals surface area (Å²) in [5.41, 5.74) is 2.97. The van der Waals surface area contributed by atoms with E-state index in [1.165, 1.54) is 5.56 Å². The van der Waals surface area contributed by atoms with Crippen molar-refractivity contribution >= 4 is 22.8 Å². The predicted molar refractivity (Wildman–Crippen MR) is 114 cm³/mol. The molecule has 7 heteroatoms. The highest BCUT2D eigenvalue weighted by molar-refractivity contribution is 5.83. The van der Waals surface area contributed by atoms with Crippen LogP contribution in [0.3, 0.4) is 0 Å². The Balaban J connectivity index is 1.71. The van der Waals surface area contributed by atoms with Gasteiger partial charge in [0.15, 0.2) is 0 Å².